The van der Waals surface area contributed by atoms with Crippen LogP contribution in [0.5, 0.6) is 5.75 Å². The van der Waals surface area contributed by atoms with Crippen LogP contribution in [-0.2, 0) is 0 Å². The number of rotatable bonds is 7. The Hall–Kier alpha value is -3.07. The summed E-state index contributed by atoms with van der Waals surface area (Å²) in [6.45, 7) is 6.92. The molecule has 35 heavy (non-hydrogen) atoms. The molecule has 1 saturated heterocycles. The van der Waals surface area contributed by atoms with Crippen molar-refractivity contribution in [2.45, 2.75) is 64.5 Å². The number of carbonyl (C=O) groups excluding carboxylic acids is 1. The van der Waals surface area contributed by atoms with Gasteiger partial charge in [0, 0.05) is 19.3 Å². The first-order valence-electron chi connectivity index (χ1n) is 13.0. The number of aromatic nitrogens is 2. The van der Waals surface area contributed by atoms with Gasteiger partial charge in [-0.15, -0.1) is 0 Å². The van der Waals surface area contributed by atoms with Crippen LogP contribution in [-0.4, -0.2) is 59.8 Å². The molecule has 2 N–H and O–H groups in total. The van der Waals surface area contributed by atoms with Crippen LogP contribution < -0.4 is 25.3 Å². The van der Waals surface area contributed by atoms with Gasteiger partial charge in [0.2, 0.25) is 5.95 Å². The van der Waals surface area contributed by atoms with E-state index in [4.69, 9.17) is 9.72 Å². The van der Waals surface area contributed by atoms with Crippen LogP contribution in [0.4, 0.5) is 27.9 Å². The van der Waals surface area contributed by atoms with E-state index >= 15 is 0 Å². The number of hydrogen-bond acceptors (Lipinski definition) is 7. The van der Waals surface area contributed by atoms with Gasteiger partial charge in [0.25, 0.3) is 0 Å². The van der Waals surface area contributed by atoms with Crippen molar-refractivity contribution in [1.82, 2.24) is 20.3 Å². The third-order valence-electron chi connectivity index (χ3n) is 7.55. The van der Waals surface area contributed by atoms with Crippen LogP contribution in [0.3, 0.4) is 0 Å². The standard InChI is InChI=1S/C26H37N7O2/c1-4-32-26(34)31(3)23-17-28-25(30-24(23)33(32)21-7-5-6-8-21)29-20-9-11-22(12-10-20)35-18(2)19-13-15-27-16-14-19/h9-12,17-19,21,27H,4-8,13-16H2,1-3H3,(H,28,29,30). The highest BCUT2D eigenvalue weighted by Crippen LogP contribution is 2.39. The highest BCUT2D eigenvalue weighted by atomic mass is 16.5. The van der Waals surface area contributed by atoms with Crippen molar-refractivity contribution in [3.05, 3.63) is 30.5 Å². The minimum atomic E-state index is -0.0366. The number of amides is 2. The van der Waals surface area contributed by atoms with E-state index in [-0.39, 0.29) is 18.2 Å². The molecule has 0 bridgehead atoms. The van der Waals surface area contributed by atoms with E-state index in [1.807, 2.05) is 36.2 Å². The minimum Gasteiger partial charge on any atom is -0.490 e. The first kappa shape index (κ1) is 23.7. The number of benzene rings is 1. The molecule has 0 radical (unpaired) electrons. The third-order valence-corrected chi connectivity index (χ3v) is 7.55. The monoisotopic (exact) mass is 479 g/mol. The summed E-state index contributed by atoms with van der Waals surface area (Å²) in [5, 5.41) is 10.7. The number of ether oxygens (including phenoxy) is 1. The van der Waals surface area contributed by atoms with Gasteiger partial charge in [-0.05, 0) is 82.8 Å². The lowest BCUT2D eigenvalue weighted by Crippen LogP contribution is -2.59. The van der Waals surface area contributed by atoms with Crippen LogP contribution >= 0.6 is 0 Å². The summed E-state index contributed by atoms with van der Waals surface area (Å²) in [5.41, 5.74) is 1.64. The van der Waals surface area contributed by atoms with Crippen LogP contribution in [0.1, 0.15) is 52.4 Å². The van der Waals surface area contributed by atoms with Crippen LogP contribution in [0.25, 0.3) is 0 Å². The number of nitrogens with zero attached hydrogens (tertiary/aromatic N) is 5. The quantitative estimate of drug-likeness (QED) is 0.603. The number of anilines is 4. The number of piperidine rings is 1. The largest absolute Gasteiger partial charge is 0.490 e. The van der Waals surface area contributed by atoms with Crippen molar-refractivity contribution in [2.24, 2.45) is 5.92 Å². The number of fused-ring (bicyclic) bond motifs is 1. The molecule has 3 heterocycles. The summed E-state index contributed by atoms with van der Waals surface area (Å²) in [6, 6.07) is 8.23. The Morgan fingerprint density at radius 1 is 1.14 bits per heavy atom. The average molecular weight is 480 g/mol. The Morgan fingerprint density at radius 2 is 1.86 bits per heavy atom. The van der Waals surface area contributed by atoms with Gasteiger partial charge in [-0.3, -0.25) is 9.91 Å². The number of nitrogens with one attached hydrogen (secondary N) is 2. The van der Waals surface area contributed by atoms with Crippen LogP contribution in [0.15, 0.2) is 30.5 Å². The lowest BCUT2D eigenvalue weighted by Gasteiger charge is -2.45. The fraction of sp³-hybridized carbons (Fsp3) is 0.577. The van der Waals surface area contributed by atoms with Crippen molar-refractivity contribution >= 4 is 29.2 Å². The van der Waals surface area contributed by atoms with E-state index in [2.05, 4.69) is 27.6 Å². The summed E-state index contributed by atoms with van der Waals surface area (Å²) in [7, 11) is 1.79. The molecule has 0 spiro atoms. The maximum atomic E-state index is 13.0. The van der Waals surface area contributed by atoms with Gasteiger partial charge in [-0.25, -0.2) is 14.8 Å². The van der Waals surface area contributed by atoms with Crippen molar-refractivity contribution in [3.63, 3.8) is 0 Å². The number of hydrogen-bond donors (Lipinski definition) is 2. The molecule has 2 amide bonds. The SMILES string of the molecule is CCN1C(=O)N(C)c2cnc(Nc3ccc(OC(C)C4CCNCC4)cc3)nc2N1C1CCCC1. The predicted octanol–water partition coefficient (Wildman–Crippen LogP) is 4.54. The Labute approximate surface area is 207 Å². The zero-order valence-electron chi connectivity index (χ0n) is 21.0. The average Bonchev–Trinajstić information content (AvgIpc) is 3.42. The van der Waals surface area contributed by atoms with Gasteiger partial charge in [-0.2, -0.15) is 4.98 Å². The Balaban J connectivity index is 1.32. The maximum Gasteiger partial charge on any atom is 0.343 e. The highest BCUT2D eigenvalue weighted by Gasteiger charge is 2.39. The van der Waals surface area contributed by atoms with E-state index < -0.39 is 0 Å². The smallest absolute Gasteiger partial charge is 0.343 e. The van der Waals surface area contributed by atoms with Crippen molar-refractivity contribution in [3.8, 4) is 5.75 Å². The Kier molecular flexibility index (Phi) is 6.95. The molecule has 1 unspecified atom stereocenters. The molecular weight excluding hydrogens is 442 g/mol. The molecule has 1 aromatic carbocycles. The molecule has 2 aromatic rings. The summed E-state index contributed by atoms with van der Waals surface area (Å²) < 4.78 is 6.21. The number of hydrazine groups is 1. The first-order valence-corrected chi connectivity index (χ1v) is 13.0. The molecule has 1 aromatic heterocycles. The van der Waals surface area contributed by atoms with E-state index in [1.54, 1.807) is 18.1 Å². The Bertz CT molecular complexity index is 1020. The fourth-order valence-electron chi connectivity index (χ4n) is 5.49. The zero-order chi connectivity index (χ0) is 24.4. The normalized spacial score (nSPS) is 20.2. The van der Waals surface area contributed by atoms with Gasteiger partial charge < -0.3 is 15.4 Å². The van der Waals surface area contributed by atoms with Crippen LogP contribution in [0.2, 0.25) is 0 Å². The second-order valence-electron chi connectivity index (χ2n) is 9.80. The van der Waals surface area contributed by atoms with E-state index in [1.165, 1.54) is 12.8 Å². The fourth-order valence-corrected chi connectivity index (χ4v) is 5.49. The van der Waals surface area contributed by atoms with Gasteiger partial charge >= 0.3 is 6.03 Å². The van der Waals surface area contributed by atoms with Gasteiger partial charge in [0.1, 0.15) is 11.4 Å². The first-order chi connectivity index (χ1) is 17.0. The molecule has 5 rings (SSSR count). The third kappa shape index (κ3) is 4.87. The van der Waals surface area contributed by atoms with Gasteiger partial charge in [-0.1, -0.05) is 12.8 Å². The Morgan fingerprint density at radius 3 is 2.54 bits per heavy atom. The second-order valence-corrected chi connectivity index (χ2v) is 9.80. The molecule has 3 aliphatic rings. The highest BCUT2D eigenvalue weighted by molar-refractivity contribution is 5.98. The predicted molar refractivity (Wildman–Crippen MR) is 138 cm³/mol. The van der Waals surface area contributed by atoms with Gasteiger partial charge in [0.15, 0.2) is 5.82 Å². The summed E-state index contributed by atoms with van der Waals surface area (Å²) in [5.74, 6) is 2.77. The molecule has 1 atom stereocenters. The van der Waals surface area contributed by atoms with E-state index in [0.717, 1.165) is 61.7 Å². The van der Waals surface area contributed by atoms with Gasteiger partial charge in [0.05, 0.1) is 18.3 Å². The molecule has 2 aliphatic heterocycles. The molecular formula is C26H37N7O2. The minimum absolute atomic E-state index is 0.0366. The van der Waals surface area contributed by atoms with E-state index in [9.17, 15) is 4.79 Å². The molecule has 9 heteroatoms. The van der Waals surface area contributed by atoms with Crippen molar-refractivity contribution in [1.29, 1.82) is 0 Å². The summed E-state index contributed by atoms with van der Waals surface area (Å²) >= 11 is 0. The lowest BCUT2D eigenvalue weighted by molar-refractivity contribution is 0.128. The molecule has 1 saturated carbocycles. The second kappa shape index (κ2) is 10.3. The van der Waals surface area contributed by atoms with E-state index in [0.29, 0.717) is 18.4 Å². The lowest BCUT2D eigenvalue weighted by atomic mass is 9.93. The van der Waals surface area contributed by atoms with Crippen molar-refractivity contribution in [2.75, 3.05) is 41.9 Å². The molecule has 1 aliphatic carbocycles. The number of carbonyl (C=O) groups is 1. The number of urea groups is 1. The molecule has 9 nitrogen and oxygen atoms in total. The summed E-state index contributed by atoms with van der Waals surface area (Å²) in [6.07, 6.45) is 8.75. The summed E-state index contributed by atoms with van der Waals surface area (Å²) in [4.78, 5) is 24.0. The molecule has 188 valence electrons. The molecule has 2 fully saturated rings. The topological polar surface area (TPSA) is 85.9 Å². The van der Waals surface area contributed by atoms with Crippen molar-refractivity contribution < 1.29 is 9.53 Å². The zero-order valence-corrected chi connectivity index (χ0v) is 21.0. The van der Waals surface area contributed by atoms with Crippen LogP contribution in [0, 0.1) is 5.92 Å². The maximum absolute atomic E-state index is 13.0.